The van der Waals surface area contributed by atoms with Crippen LogP contribution in [0.3, 0.4) is 0 Å². The summed E-state index contributed by atoms with van der Waals surface area (Å²) in [5.74, 6) is -0.163. The van der Waals surface area contributed by atoms with Gasteiger partial charge in [-0.15, -0.1) is 0 Å². The van der Waals surface area contributed by atoms with Crippen LogP contribution >= 0.6 is 0 Å². The molecule has 0 spiro atoms. The fourth-order valence-corrected chi connectivity index (χ4v) is 3.78. The van der Waals surface area contributed by atoms with Crippen LogP contribution < -0.4 is 10.2 Å². The van der Waals surface area contributed by atoms with Gasteiger partial charge in [-0.1, -0.05) is 0 Å². The summed E-state index contributed by atoms with van der Waals surface area (Å²) in [6.45, 7) is 10.4. The number of aryl methyl sites for hydroxylation is 1. The van der Waals surface area contributed by atoms with Gasteiger partial charge in [0, 0.05) is 55.2 Å². The molecule has 1 saturated heterocycles. The topological polar surface area (TPSA) is 66.3 Å². The monoisotopic (exact) mass is 392 g/mol. The molecule has 0 saturated carbocycles. The Labute approximate surface area is 171 Å². The van der Waals surface area contributed by atoms with Crippen LogP contribution in [0.15, 0.2) is 36.7 Å². The fraction of sp³-hybridized carbons (Fsp3) is 0.409. The van der Waals surface area contributed by atoms with Crippen molar-refractivity contribution in [3.63, 3.8) is 0 Å². The largest absolute Gasteiger partial charge is 0.369 e. The van der Waals surface area contributed by atoms with E-state index in [9.17, 15) is 4.79 Å². The normalized spacial score (nSPS) is 15.3. The first-order valence-corrected chi connectivity index (χ1v) is 10.1. The average molecular weight is 393 g/mol. The lowest BCUT2D eigenvalue weighted by Crippen LogP contribution is -2.44. The number of anilines is 2. The van der Waals surface area contributed by atoms with E-state index < -0.39 is 0 Å². The van der Waals surface area contributed by atoms with Gasteiger partial charge in [0.2, 0.25) is 0 Å². The number of hydrogen-bond donors (Lipinski definition) is 1. The number of rotatable bonds is 4. The Balaban J connectivity index is 1.49. The molecule has 7 nitrogen and oxygen atoms in total. The van der Waals surface area contributed by atoms with Gasteiger partial charge in [-0.2, -0.15) is 5.10 Å². The van der Waals surface area contributed by atoms with Crippen LogP contribution in [-0.2, 0) is 0 Å². The smallest absolute Gasteiger partial charge is 0.257 e. The molecule has 7 heteroatoms. The van der Waals surface area contributed by atoms with E-state index in [1.165, 1.54) is 11.3 Å². The minimum Gasteiger partial charge on any atom is -0.369 e. The van der Waals surface area contributed by atoms with Crippen molar-refractivity contribution in [1.82, 2.24) is 19.7 Å². The number of fused-ring (bicyclic) bond motifs is 1. The highest BCUT2D eigenvalue weighted by atomic mass is 16.1. The molecule has 1 aliphatic heterocycles. The summed E-state index contributed by atoms with van der Waals surface area (Å²) in [6, 6.07) is 8.18. The van der Waals surface area contributed by atoms with Crippen LogP contribution in [0, 0.1) is 6.92 Å². The zero-order valence-corrected chi connectivity index (χ0v) is 17.5. The molecule has 152 valence electrons. The molecule has 1 aromatic carbocycles. The Hall–Kier alpha value is -2.93. The molecule has 0 bridgehead atoms. The summed E-state index contributed by atoms with van der Waals surface area (Å²) in [5.41, 5.74) is 4.52. The van der Waals surface area contributed by atoms with E-state index in [1.54, 1.807) is 12.4 Å². The number of amides is 1. The minimum absolute atomic E-state index is 0.163. The third kappa shape index (κ3) is 3.96. The Morgan fingerprint density at radius 2 is 1.86 bits per heavy atom. The predicted molar refractivity (Wildman–Crippen MR) is 117 cm³/mol. The summed E-state index contributed by atoms with van der Waals surface area (Å²) in [6.07, 6.45) is 3.37. The molecule has 3 heterocycles. The molecule has 1 amide bonds. The van der Waals surface area contributed by atoms with Crippen LogP contribution in [0.5, 0.6) is 0 Å². The SMILES string of the molecule is Cc1cc(NC(=O)c2cnc3c(cnn3C(C)C)c2)ccc1N1CCN(C)CC1. The van der Waals surface area contributed by atoms with Gasteiger partial charge in [0.05, 0.1) is 11.8 Å². The Kier molecular flexibility index (Phi) is 5.24. The zero-order chi connectivity index (χ0) is 20.5. The molecule has 1 fully saturated rings. The molecule has 2 aromatic heterocycles. The van der Waals surface area contributed by atoms with E-state index >= 15 is 0 Å². The minimum atomic E-state index is -0.163. The quantitative estimate of drug-likeness (QED) is 0.738. The van der Waals surface area contributed by atoms with Crippen molar-refractivity contribution < 1.29 is 4.79 Å². The number of nitrogens with one attached hydrogen (secondary N) is 1. The first kappa shape index (κ1) is 19.4. The number of benzene rings is 1. The summed E-state index contributed by atoms with van der Waals surface area (Å²) in [7, 11) is 2.16. The maximum absolute atomic E-state index is 12.7. The maximum atomic E-state index is 12.7. The summed E-state index contributed by atoms with van der Waals surface area (Å²) >= 11 is 0. The van der Waals surface area contributed by atoms with E-state index in [0.29, 0.717) is 5.56 Å². The highest BCUT2D eigenvalue weighted by Crippen LogP contribution is 2.25. The van der Waals surface area contributed by atoms with Crippen LogP contribution in [0.1, 0.15) is 35.8 Å². The molecular weight excluding hydrogens is 364 g/mol. The van der Waals surface area contributed by atoms with E-state index in [1.807, 2.05) is 22.9 Å². The molecule has 3 aromatic rings. The maximum Gasteiger partial charge on any atom is 0.257 e. The molecule has 1 aliphatic rings. The van der Waals surface area contributed by atoms with Crippen molar-refractivity contribution in [1.29, 1.82) is 0 Å². The van der Waals surface area contributed by atoms with Crippen LogP contribution in [0.25, 0.3) is 11.0 Å². The number of carbonyl (C=O) groups is 1. The number of likely N-dealkylation sites (N-methyl/N-ethyl adjacent to an activating group) is 1. The number of nitrogens with zero attached hydrogens (tertiary/aromatic N) is 5. The average Bonchev–Trinajstić information content (AvgIpc) is 3.12. The molecule has 0 atom stereocenters. The molecule has 0 unspecified atom stereocenters. The summed E-state index contributed by atoms with van der Waals surface area (Å²) in [5, 5.41) is 8.23. The standard InChI is InChI=1S/C22H28N6O/c1-15(2)28-21-17(14-24-28)12-18(13-23-21)22(29)25-19-5-6-20(16(3)11-19)27-9-7-26(4)8-10-27/h5-6,11-15H,7-10H2,1-4H3,(H,25,29). The van der Waals surface area contributed by atoms with Gasteiger partial charge in [-0.25, -0.2) is 9.67 Å². The molecule has 0 aliphatic carbocycles. The van der Waals surface area contributed by atoms with E-state index in [-0.39, 0.29) is 11.9 Å². The van der Waals surface area contributed by atoms with Gasteiger partial charge in [0.1, 0.15) is 0 Å². The van der Waals surface area contributed by atoms with Gasteiger partial charge in [-0.3, -0.25) is 4.79 Å². The van der Waals surface area contributed by atoms with Crippen molar-refractivity contribution in [3.05, 3.63) is 47.8 Å². The highest BCUT2D eigenvalue weighted by Gasteiger charge is 2.17. The third-order valence-corrected chi connectivity index (χ3v) is 5.48. The fourth-order valence-electron chi connectivity index (χ4n) is 3.78. The van der Waals surface area contributed by atoms with E-state index in [4.69, 9.17) is 0 Å². The van der Waals surface area contributed by atoms with Crippen molar-refractivity contribution in [2.24, 2.45) is 0 Å². The van der Waals surface area contributed by atoms with Crippen LogP contribution in [0.2, 0.25) is 0 Å². The molecule has 0 radical (unpaired) electrons. The van der Waals surface area contributed by atoms with Gasteiger partial charge in [0.25, 0.3) is 5.91 Å². The van der Waals surface area contributed by atoms with E-state index in [2.05, 4.69) is 59.1 Å². The number of carbonyl (C=O) groups excluding carboxylic acids is 1. The molecule has 29 heavy (non-hydrogen) atoms. The van der Waals surface area contributed by atoms with Crippen LogP contribution in [0.4, 0.5) is 11.4 Å². The Morgan fingerprint density at radius 1 is 1.10 bits per heavy atom. The number of hydrogen-bond acceptors (Lipinski definition) is 5. The highest BCUT2D eigenvalue weighted by molar-refractivity contribution is 6.05. The molecule has 4 rings (SSSR count). The molecular formula is C22H28N6O. The summed E-state index contributed by atoms with van der Waals surface area (Å²) in [4.78, 5) is 21.9. The number of pyridine rings is 1. The third-order valence-electron chi connectivity index (χ3n) is 5.48. The van der Waals surface area contributed by atoms with Crippen molar-refractivity contribution in [2.75, 3.05) is 43.4 Å². The lowest BCUT2D eigenvalue weighted by molar-refractivity contribution is 0.102. The van der Waals surface area contributed by atoms with Crippen molar-refractivity contribution >= 4 is 28.3 Å². The predicted octanol–water partition coefficient (Wildman–Crippen LogP) is 3.32. The first-order valence-electron chi connectivity index (χ1n) is 10.1. The zero-order valence-electron chi connectivity index (χ0n) is 17.5. The lowest BCUT2D eigenvalue weighted by atomic mass is 10.1. The number of aromatic nitrogens is 3. The Bertz CT molecular complexity index is 1030. The van der Waals surface area contributed by atoms with Gasteiger partial charge in [-0.05, 0) is 57.6 Å². The van der Waals surface area contributed by atoms with Gasteiger partial charge in [0.15, 0.2) is 5.65 Å². The summed E-state index contributed by atoms with van der Waals surface area (Å²) < 4.78 is 1.86. The number of piperazine rings is 1. The molecule has 1 N–H and O–H groups in total. The van der Waals surface area contributed by atoms with E-state index in [0.717, 1.165) is 42.9 Å². The van der Waals surface area contributed by atoms with Crippen molar-refractivity contribution in [3.8, 4) is 0 Å². The Morgan fingerprint density at radius 3 is 2.55 bits per heavy atom. The first-order chi connectivity index (χ1) is 13.9. The second kappa shape index (κ2) is 7.83. The lowest BCUT2D eigenvalue weighted by Gasteiger charge is -2.35. The van der Waals surface area contributed by atoms with Crippen LogP contribution in [-0.4, -0.2) is 58.8 Å². The van der Waals surface area contributed by atoms with Crippen molar-refractivity contribution in [2.45, 2.75) is 26.8 Å². The second-order valence-electron chi connectivity index (χ2n) is 8.07. The second-order valence-corrected chi connectivity index (χ2v) is 8.07. The van der Waals surface area contributed by atoms with Gasteiger partial charge < -0.3 is 15.1 Å². The van der Waals surface area contributed by atoms with Gasteiger partial charge >= 0.3 is 0 Å².